The van der Waals surface area contributed by atoms with Crippen molar-refractivity contribution in [3.05, 3.63) is 18.2 Å². The van der Waals surface area contributed by atoms with Crippen molar-refractivity contribution in [2.75, 3.05) is 17.7 Å². The molecular formula is C13H21N3O2. The maximum Gasteiger partial charge on any atom is 0.240 e. The van der Waals surface area contributed by atoms with Crippen molar-refractivity contribution in [2.45, 2.75) is 26.8 Å². The molecule has 1 unspecified atom stereocenters. The van der Waals surface area contributed by atoms with Gasteiger partial charge < -0.3 is 21.5 Å². The largest absolute Gasteiger partial charge is 0.492 e. The molecule has 0 aromatic heterocycles. The highest BCUT2D eigenvalue weighted by atomic mass is 16.5. The number of nitrogens with one attached hydrogen (secondary N) is 1. The summed E-state index contributed by atoms with van der Waals surface area (Å²) in [4.78, 5) is 11.4. The molecule has 0 aliphatic heterocycles. The van der Waals surface area contributed by atoms with Crippen LogP contribution in [-0.4, -0.2) is 18.6 Å². The zero-order valence-corrected chi connectivity index (χ0v) is 11.1. The molecule has 0 radical (unpaired) electrons. The van der Waals surface area contributed by atoms with Gasteiger partial charge in [0.05, 0.1) is 18.0 Å². The molecule has 5 nitrogen and oxygen atoms in total. The lowest BCUT2D eigenvalue weighted by molar-refractivity contribution is -0.119. The van der Waals surface area contributed by atoms with Gasteiger partial charge in [0.1, 0.15) is 11.8 Å². The van der Waals surface area contributed by atoms with E-state index in [0.717, 1.165) is 0 Å². The Balaban J connectivity index is 2.96. The van der Waals surface area contributed by atoms with Crippen LogP contribution in [0.5, 0.6) is 5.75 Å². The molecule has 5 heteroatoms. The third-order valence-corrected chi connectivity index (χ3v) is 2.65. The average Bonchev–Trinajstić information content (AvgIpc) is 2.29. The molecule has 1 atom stereocenters. The third-order valence-electron chi connectivity index (χ3n) is 2.65. The Morgan fingerprint density at radius 1 is 1.44 bits per heavy atom. The molecule has 1 rings (SSSR count). The second-order valence-electron chi connectivity index (χ2n) is 4.42. The van der Waals surface area contributed by atoms with E-state index in [1.807, 2.05) is 26.8 Å². The van der Waals surface area contributed by atoms with Gasteiger partial charge in [-0.05, 0) is 25.0 Å². The number of amides is 1. The molecule has 100 valence electrons. The van der Waals surface area contributed by atoms with Crippen LogP contribution < -0.4 is 21.5 Å². The molecule has 1 amide bonds. The Morgan fingerprint density at radius 2 is 2.11 bits per heavy atom. The van der Waals surface area contributed by atoms with E-state index in [1.165, 1.54) is 0 Å². The van der Waals surface area contributed by atoms with Crippen LogP contribution in [0.15, 0.2) is 18.2 Å². The normalized spacial score (nSPS) is 12.2. The number of anilines is 2. The van der Waals surface area contributed by atoms with Crippen LogP contribution in [0.2, 0.25) is 0 Å². The molecule has 0 aliphatic carbocycles. The first-order valence-electron chi connectivity index (χ1n) is 6.04. The summed E-state index contributed by atoms with van der Waals surface area (Å²) in [7, 11) is 0. The second-order valence-corrected chi connectivity index (χ2v) is 4.42. The number of primary amides is 1. The first-order valence-corrected chi connectivity index (χ1v) is 6.04. The minimum absolute atomic E-state index is 0.0812. The van der Waals surface area contributed by atoms with Gasteiger partial charge in [-0.25, -0.2) is 0 Å². The highest BCUT2D eigenvalue weighted by Crippen LogP contribution is 2.30. The number of ether oxygens (including phenoxy) is 1. The number of hydrogen-bond acceptors (Lipinski definition) is 4. The molecule has 1 aromatic carbocycles. The van der Waals surface area contributed by atoms with Crippen molar-refractivity contribution < 1.29 is 9.53 Å². The van der Waals surface area contributed by atoms with Gasteiger partial charge in [-0.1, -0.05) is 19.9 Å². The monoisotopic (exact) mass is 251 g/mol. The van der Waals surface area contributed by atoms with E-state index < -0.39 is 11.9 Å². The molecular weight excluding hydrogens is 230 g/mol. The fourth-order valence-corrected chi connectivity index (χ4v) is 1.69. The highest BCUT2D eigenvalue weighted by Gasteiger charge is 2.20. The van der Waals surface area contributed by atoms with Gasteiger partial charge >= 0.3 is 0 Å². The van der Waals surface area contributed by atoms with Crippen LogP contribution in [0, 0.1) is 5.92 Å². The summed E-state index contributed by atoms with van der Waals surface area (Å²) < 4.78 is 5.40. The minimum Gasteiger partial charge on any atom is -0.492 e. The van der Waals surface area contributed by atoms with Gasteiger partial charge in [0.15, 0.2) is 0 Å². The van der Waals surface area contributed by atoms with Gasteiger partial charge in [0.25, 0.3) is 0 Å². The average molecular weight is 251 g/mol. The Morgan fingerprint density at radius 3 is 2.61 bits per heavy atom. The fourth-order valence-electron chi connectivity index (χ4n) is 1.69. The van der Waals surface area contributed by atoms with Crippen LogP contribution in [0.3, 0.4) is 0 Å². The number of benzene rings is 1. The van der Waals surface area contributed by atoms with Crippen LogP contribution in [0.25, 0.3) is 0 Å². The topological polar surface area (TPSA) is 90.4 Å². The SMILES string of the molecule is CCOc1cccc(NC(C(N)=O)C(C)C)c1N. The molecule has 0 fully saturated rings. The number of rotatable bonds is 6. The quantitative estimate of drug-likeness (QED) is 0.670. The number of para-hydroxylation sites is 1. The smallest absolute Gasteiger partial charge is 0.240 e. The van der Waals surface area contributed by atoms with Gasteiger partial charge in [-0.2, -0.15) is 0 Å². The lowest BCUT2D eigenvalue weighted by Crippen LogP contribution is -2.39. The summed E-state index contributed by atoms with van der Waals surface area (Å²) in [6.07, 6.45) is 0. The van der Waals surface area contributed by atoms with Crippen molar-refractivity contribution in [3.8, 4) is 5.75 Å². The molecule has 5 N–H and O–H groups in total. The van der Waals surface area contributed by atoms with Crippen molar-refractivity contribution in [1.82, 2.24) is 0 Å². The number of hydrogen-bond donors (Lipinski definition) is 3. The van der Waals surface area contributed by atoms with E-state index in [1.54, 1.807) is 12.1 Å². The van der Waals surface area contributed by atoms with E-state index in [0.29, 0.717) is 23.7 Å². The van der Waals surface area contributed by atoms with Gasteiger partial charge in [0, 0.05) is 0 Å². The molecule has 0 spiro atoms. The molecule has 0 bridgehead atoms. The van der Waals surface area contributed by atoms with Crippen molar-refractivity contribution in [1.29, 1.82) is 0 Å². The molecule has 1 aromatic rings. The Kier molecular flexibility index (Phi) is 4.83. The summed E-state index contributed by atoms with van der Waals surface area (Å²) >= 11 is 0. The Bertz CT molecular complexity index is 419. The van der Waals surface area contributed by atoms with Crippen molar-refractivity contribution in [3.63, 3.8) is 0 Å². The molecule has 0 aliphatic rings. The van der Waals surface area contributed by atoms with Gasteiger partial charge in [0.2, 0.25) is 5.91 Å². The van der Waals surface area contributed by atoms with Crippen LogP contribution in [0.4, 0.5) is 11.4 Å². The number of carbonyl (C=O) groups is 1. The lowest BCUT2D eigenvalue weighted by Gasteiger charge is -2.22. The number of nitrogens with two attached hydrogens (primary N) is 2. The maximum absolute atomic E-state index is 11.4. The molecule has 0 saturated carbocycles. The fraction of sp³-hybridized carbons (Fsp3) is 0.462. The standard InChI is InChI=1S/C13H21N3O2/c1-4-18-10-7-5-6-9(11(10)14)16-12(8(2)3)13(15)17/h5-8,12,16H,4,14H2,1-3H3,(H2,15,17). The van der Waals surface area contributed by atoms with Crippen molar-refractivity contribution >= 4 is 17.3 Å². The molecule has 0 heterocycles. The summed E-state index contributed by atoms with van der Waals surface area (Å²) in [5.41, 5.74) is 12.5. The third kappa shape index (κ3) is 3.29. The van der Waals surface area contributed by atoms with Gasteiger partial charge in [-0.3, -0.25) is 4.79 Å². The second kappa shape index (κ2) is 6.14. The zero-order valence-electron chi connectivity index (χ0n) is 11.1. The van der Waals surface area contributed by atoms with E-state index in [-0.39, 0.29) is 5.92 Å². The van der Waals surface area contributed by atoms with Crippen LogP contribution in [0.1, 0.15) is 20.8 Å². The lowest BCUT2D eigenvalue weighted by atomic mass is 10.0. The summed E-state index contributed by atoms with van der Waals surface area (Å²) in [5.74, 6) is 0.290. The predicted molar refractivity (Wildman–Crippen MR) is 73.5 cm³/mol. The Hall–Kier alpha value is -1.91. The first kappa shape index (κ1) is 14.2. The van der Waals surface area contributed by atoms with Crippen molar-refractivity contribution in [2.24, 2.45) is 11.7 Å². The van der Waals surface area contributed by atoms with E-state index in [4.69, 9.17) is 16.2 Å². The van der Waals surface area contributed by atoms with E-state index in [9.17, 15) is 4.79 Å². The summed E-state index contributed by atoms with van der Waals surface area (Å²) in [6, 6.07) is 4.96. The highest BCUT2D eigenvalue weighted by molar-refractivity contribution is 5.85. The van der Waals surface area contributed by atoms with E-state index in [2.05, 4.69) is 5.32 Å². The molecule has 0 saturated heterocycles. The van der Waals surface area contributed by atoms with Crippen LogP contribution in [-0.2, 0) is 4.79 Å². The van der Waals surface area contributed by atoms with Crippen LogP contribution >= 0.6 is 0 Å². The number of nitrogen functional groups attached to an aromatic ring is 1. The van der Waals surface area contributed by atoms with Gasteiger partial charge in [-0.15, -0.1) is 0 Å². The Labute approximate surface area is 107 Å². The van der Waals surface area contributed by atoms with E-state index >= 15 is 0 Å². The zero-order chi connectivity index (χ0) is 13.7. The maximum atomic E-state index is 11.4. The summed E-state index contributed by atoms with van der Waals surface area (Å²) in [6.45, 7) is 6.27. The first-order chi connectivity index (χ1) is 8.47. The predicted octanol–water partition coefficient (Wildman–Crippen LogP) is 1.59. The number of carbonyl (C=O) groups excluding carboxylic acids is 1. The summed E-state index contributed by atoms with van der Waals surface area (Å²) in [5, 5.41) is 3.07. The minimum atomic E-state index is -0.454. The molecule has 18 heavy (non-hydrogen) atoms.